The van der Waals surface area contributed by atoms with Crippen LogP contribution in [0.5, 0.6) is 5.75 Å². The third-order valence-corrected chi connectivity index (χ3v) is 3.23. The molecule has 1 aromatic rings. The SMILES string of the molecule is CCCCCCCCO[C@@H](C)c1ccc(O)cc1. The standard InChI is InChI=1S/C16H26O2/c1-3-4-5-6-7-8-13-18-14(2)15-9-11-16(17)12-10-15/h9-12,14,17H,3-8,13H2,1-2H3/t14-/m0/s1. The van der Waals surface area contributed by atoms with Crippen LogP contribution in [0.3, 0.4) is 0 Å². The molecule has 0 aliphatic rings. The van der Waals surface area contributed by atoms with Crippen molar-refractivity contribution in [3.8, 4) is 5.75 Å². The van der Waals surface area contributed by atoms with Gasteiger partial charge in [-0.1, -0.05) is 51.2 Å². The molecule has 1 N–H and O–H groups in total. The van der Waals surface area contributed by atoms with Crippen molar-refractivity contribution in [3.05, 3.63) is 29.8 Å². The minimum absolute atomic E-state index is 0.112. The van der Waals surface area contributed by atoms with Gasteiger partial charge in [-0.25, -0.2) is 0 Å². The molecular formula is C16H26O2. The summed E-state index contributed by atoms with van der Waals surface area (Å²) in [5.74, 6) is 0.307. The van der Waals surface area contributed by atoms with Gasteiger partial charge in [-0.05, 0) is 31.0 Å². The molecule has 1 rings (SSSR count). The lowest BCUT2D eigenvalue weighted by molar-refractivity contribution is 0.0627. The number of hydrogen-bond acceptors (Lipinski definition) is 2. The number of hydrogen-bond donors (Lipinski definition) is 1. The predicted molar refractivity (Wildman–Crippen MR) is 75.8 cm³/mol. The Balaban J connectivity index is 2.10. The molecule has 0 heterocycles. The Morgan fingerprint density at radius 3 is 2.28 bits per heavy atom. The molecular weight excluding hydrogens is 224 g/mol. The monoisotopic (exact) mass is 250 g/mol. The van der Waals surface area contributed by atoms with Crippen LogP contribution in [0.4, 0.5) is 0 Å². The lowest BCUT2D eigenvalue weighted by Crippen LogP contribution is -2.01. The van der Waals surface area contributed by atoms with Gasteiger partial charge in [0.05, 0.1) is 6.10 Å². The number of ether oxygens (including phenoxy) is 1. The second kappa shape index (κ2) is 8.98. The van der Waals surface area contributed by atoms with E-state index in [4.69, 9.17) is 4.74 Å². The van der Waals surface area contributed by atoms with E-state index in [9.17, 15) is 5.11 Å². The van der Waals surface area contributed by atoms with E-state index in [1.807, 2.05) is 12.1 Å². The van der Waals surface area contributed by atoms with Gasteiger partial charge in [0.2, 0.25) is 0 Å². The molecule has 0 bridgehead atoms. The van der Waals surface area contributed by atoms with Crippen molar-refractivity contribution in [2.24, 2.45) is 0 Å². The second-order valence-corrected chi connectivity index (χ2v) is 4.87. The van der Waals surface area contributed by atoms with Gasteiger partial charge in [-0.15, -0.1) is 0 Å². The molecule has 18 heavy (non-hydrogen) atoms. The first-order valence-electron chi connectivity index (χ1n) is 7.14. The third kappa shape index (κ3) is 6.06. The first-order chi connectivity index (χ1) is 8.74. The number of phenolic OH excluding ortho intramolecular Hbond substituents is 1. The van der Waals surface area contributed by atoms with Gasteiger partial charge in [-0.3, -0.25) is 0 Å². The smallest absolute Gasteiger partial charge is 0.115 e. The lowest BCUT2D eigenvalue weighted by Gasteiger charge is -2.13. The number of unbranched alkanes of at least 4 members (excludes halogenated alkanes) is 5. The molecule has 1 atom stereocenters. The van der Waals surface area contributed by atoms with Crippen LogP contribution < -0.4 is 0 Å². The van der Waals surface area contributed by atoms with E-state index in [1.54, 1.807) is 12.1 Å². The van der Waals surface area contributed by atoms with Gasteiger partial charge in [-0.2, -0.15) is 0 Å². The highest BCUT2D eigenvalue weighted by molar-refractivity contribution is 5.26. The maximum Gasteiger partial charge on any atom is 0.115 e. The van der Waals surface area contributed by atoms with E-state index < -0.39 is 0 Å². The molecule has 2 heteroatoms. The van der Waals surface area contributed by atoms with Crippen LogP contribution in [0, 0.1) is 0 Å². The summed E-state index contributed by atoms with van der Waals surface area (Å²) >= 11 is 0. The Bertz CT molecular complexity index is 305. The van der Waals surface area contributed by atoms with Crippen molar-refractivity contribution in [1.82, 2.24) is 0 Å². The van der Waals surface area contributed by atoms with Gasteiger partial charge in [0, 0.05) is 6.61 Å². The molecule has 0 fully saturated rings. The molecule has 0 saturated carbocycles. The van der Waals surface area contributed by atoms with Crippen molar-refractivity contribution in [3.63, 3.8) is 0 Å². The highest BCUT2D eigenvalue weighted by Crippen LogP contribution is 2.19. The van der Waals surface area contributed by atoms with Gasteiger partial charge in [0.1, 0.15) is 5.75 Å². The van der Waals surface area contributed by atoms with Crippen LogP contribution >= 0.6 is 0 Å². The molecule has 2 nitrogen and oxygen atoms in total. The van der Waals surface area contributed by atoms with Crippen molar-refractivity contribution in [2.75, 3.05) is 6.61 Å². The molecule has 1 aromatic carbocycles. The van der Waals surface area contributed by atoms with E-state index in [0.29, 0.717) is 5.75 Å². The zero-order chi connectivity index (χ0) is 13.2. The molecule has 102 valence electrons. The molecule has 0 unspecified atom stereocenters. The van der Waals surface area contributed by atoms with Crippen LogP contribution in [0.25, 0.3) is 0 Å². The minimum Gasteiger partial charge on any atom is -0.508 e. The Morgan fingerprint density at radius 1 is 1.00 bits per heavy atom. The van der Waals surface area contributed by atoms with E-state index >= 15 is 0 Å². The zero-order valence-corrected chi connectivity index (χ0v) is 11.7. The summed E-state index contributed by atoms with van der Waals surface area (Å²) in [6, 6.07) is 7.25. The van der Waals surface area contributed by atoms with Gasteiger partial charge < -0.3 is 9.84 Å². The maximum atomic E-state index is 9.21. The molecule has 0 radical (unpaired) electrons. The Labute approximate surface area is 111 Å². The van der Waals surface area contributed by atoms with Crippen LogP contribution in [-0.2, 0) is 4.74 Å². The summed E-state index contributed by atoms with van der Waals surface area (Å²) in [5, 5.41) is 9.21. The van der Waals surface area contributed by atoms with E-state index in [-0.39, 0.29) is 6.10 Å². The van der Waals surface area contributed by atoms with Crippen LogP contribution in [0.2, 0.25) is 0 Å². The normalized spacial score (nSPS) is 12.6. The van der Waals surface area contributed by atoms with Gasteiger partial charge in [0.15, 0.2) is 0 Å². The number of benzene rings is 1. The number of phenols is 1. The average Bonchev–Trinajstić information content (AvgIpc) is 2.38. The fourth-order valence-corrected chi connectivity index (χ4v) is 1.98. The minimum atomic E-state index is 0.112. The first-order valence-corrected chi connectivity index (χ1v) is 7.14. The van der Waals surface area contributed by atoms with Crippen LogP contribution in [0.15, 0.2) is 24.3 Å². The Kier molecular flexibility index (Phi) is 7.51. The molecule has 0 spiro atoms. The summed E-state index contributed by atoms with van der Waals surface area (Å²) in [6.45, 7) is 5.13. The summed E-state index contributed by atoms with van der Waals surface area (Å²) in [5.41, 5.74) is 1.12. The zero-order valence-electron chi connectivity index (χ0n) is 11.7. The van der Waals surface area contributed by atoms with E-state index in [0.717, 1.165) is 18.6 Å². The summed E-state index contributed by atoms with van der Waals surface area (Å²) in [7, 11) is 0. The van der Waals surface area contributed by atoms with E-state index in [2.05, 4.69) is 13.8 Å². The van der Waals surface area contributed by atoms with Crippen molar-refractivity contribution >= 4 is 0 Å². The number of aromatic hydroxyl groups is 1. The molecule has 0 aliphatic carbocycles. The fourth-order valence-electron chi connectivity index (χ4n) is 1.98. The van der Waals surface area contributed by atoms with Crippen LogP contribution in [-0.4, -0.2) is 11.7 Å². The quantitative estimate of drug-likeness (QED) is 0.636. The lowest BCUT2D eigenvalue weighted by atomic mass is 10.1. The Hall–Kier alpha value is -1.02. The molecule has 0 amide bonds. The summed E-state index contributed by atoms with van der Waals surface area (Å²) in [6.07, 6.45) is 7.85. The Morgan fingerprint density at radius 2 is 1.61 bits per heavy atom. The molecule has 0 saturated heterocycles. The molecule has 0 aliphatic heterocycles. The van der Waals surface area contributed by atoms with E-state index in [1.165, 1.54) is 32.1 Å². The van der Waals surface area contributed by atoms with Gasteiger partial charge >= 0.3 is 0 Å². The molecule has 0 aromatic heterocycles. The largest absolute Gasteiger partial charge is 0.508 e. The predicted octanol–water partition coefficient (Wildman–Crippen LogP) is 4.83. The highest BCUT2D eigenvalue weighted by atomic mass is 16.5. The van der Waals surface area contributed by atoms with Crippen LogP contribution in [0.1, 0.15) is 64.0 Å². The summed E-state index contributed by atoms with van der Waals surface area (Å²) < 4.78 is 5.79. The van der Waals surface area contributed by atoms with Gasteiger partial charge in [0.25, 0.3) is 0 Å². The fraction of sp³-hybridized carbons (Fsp3) is 0.625. The number of rotatable bonds is 9. The first kappa shape index (κ1) is 15.0. The average molecular weight is 250 g/mol. The second-order valence-electron chi connectivity index (χ2n) is 4.87. The van der Waals surface area contributed by atoms with Crippen molar-refractivity contribution in [2.45, 2.75) is 58.5 Å². The maximum absolute atomic E-state index is 9.21. The van der Waals surface area contributed by atoms with Crippen molar-refractivity contribution in [1.29, 1.82) is 0 Å². The third-order valence-electron chi connectivity index (χ3n) is 3.23. The van der Waals surface area contributed by atoms with Crippen molar-refractivity contribution < 1.29 is 9.84 Å². The topological polar surface area (TPSA) is 29.5 Å². The summed E-state index contributed by atoms with van der Waals surface area (Å²) in [4.78, 5) is 0. The highest BCUT2D eigenvalue weighted by Gasteiger charge is 2.04.